The molecule has 0 aliphatic carbocycles. The fraction of sp³-hybridized carbons (Fsp3) is 0.786. The molecule has 1 heterocycles. The Morgan fingerprint density at radius 1 is 1.29 bits per heavy atom. The number of aryl methyl sites for hydroxylation is 1. The first-order valence-corrected chi connectivity index (χ1v) is 9.03. The molecule has 0 amide bonds. The van der Waals surface area contributed by atoms with E-state index in [0.717, 1.165) is 12.8 Å². The minimum atomic E-state index is -3.52. The van der Waals surface area contributed by atoms with Crippen LogP contribution in [0.3, 0.4) is 0 Å². The molecule has 0 aliphatic rings. The molecule has 0 bridgehead atoms. The number of nitrogens with zero attached hydrogens (tertiary/aromatic N) is 2. The maximum absolute atomic E-state index is 12.3. The van der Waals surface area contributed by atoms with Crippen molar-refractivity contribution in [1.82, 2.24) is 19.6 Å². The van der Waals surface area contributed by atoms with Gasteiger partial charge in [-0.2, -0.15) is 0 Å². The molecule has 0 aliphatic heterocycles. The highest BCUT2D eigenvalue weighted by Crippen LogP contribution is 2.17. The molecule has 2 N–H and O–H groups in total. The molecular weight excluding hydrogens is 288 g/mol. The Kier molecular flexibility index (Phi) is 6.83. The van der Waals surface area contributed by atoms with Gasteiger partial charge >= 0.3 is 0 Å². The van der Waals surface area contributed by atoms with Crippen LogP contribution in [-0.2, 0) is 16.4 Å². The third kappa shape index (κ3) is 4.79. The molecule has 21 heavy (non-hydrogen) atoms. The molecule has 6 nitrogen and oxygen atoms in total. The Morgan fingerprint density at radius 2 is 1.90 bits per heavy atom. The first kappa shape index (κ1) is 18.1. The number of imidazole rings is 1. The van der Waals surface area contributed by atoms with Gasteiger partial charge in [-0.25, -0.2) is 18.1 Å². The molecule has 0 saturated heterocycles. The van der Waals surface area contributed by atoms with Gasteiger partial charge in [0, 0.05) is 19.0 Å². The lowest BCUT2D eigenvalue weighted by atomic mass is 9.93. The molecule has 1 aromatic rings. The summed E-state index contributed by atoms with van der Waals surface area (Å²) in [4.78, 5) is 8.97. The molecule has 0 aromatic carbocycles. The number of aromatic nitrogens is 2. The van der Waals surface area contributed by atoms with Crippen LogP contribution in [0.2, 0.25) is 0 Å². The topological polar surface area (TPSA) is 78.1 Å². The average molecular weight is 316 g/mol. The quantitative estimate of drug-likeness (QED) is 0.725. The van der Waals surface area contributed by atoms with Crippen molar-refractivity contribution >= 4 is 10.0 Å². The standard InChI is InChI=1S/C14H28N4O2S/c1-6-11(7-2)12(18(4)5)9-16-21(19,20)14-10-15-13(8-3)17-14/h10-12,16H,6-9H2,1-5H3,(H,15,17). The van der Waals surface area contributed by atoms with E-state index >= 15 is 0 Å². The SMILES string of the molecule is CCc1ncc(S(=O)(=O)NCC(C(CC)CC)N(C)C)[nH]1. The zero-order valence-electron chi connectivity index (χ0n) is 13.7. The molecular formula is C14H28N4O2S. The van der Waals surface area contributed by atoms with Gasteiger partial charge in [0.25, 0.3) is 10.0 Å². The highest BCUT2D eigenvalue weighted by atomic mass is 32.2. The monoisotopic (exact) mass is 316 g/mol. The van der Waals surface area contributed by atoms with Gasteiger partial charge in [0.1, 0.15) is 5.82 Å². The van der Waals surface area contributed by atoms with Gasteiger partial charge in [0.2, 0.25) is 0 Å². The maximum atomic E-state index is 12.3. The van der Waals surface area contributed by atoms with E-state index in [4.69, 9.17) is 0 Å². The number of H-pyrrole nitrogens is 1. The highest BCUT2D eigenvalue weighted by Gasteiger charge is 2.24. The van der Waals surface area contributed by atoms with E-state index in [2.05, 4.69) is 33.4 Å². The number of likely N-dealkylation sites (N-methyl/N-ethyl adjacent to an activating group) is 1. The third-order valence-electron chi connectivity index (χ3n) is 3.97. The Morgan fingerprint density at radius 3 is 2.33 bits per heavy atom. The zero-order chi connectivity index (χ0) is 16.0. The van der Waals surface area contributed by atoms with Crippen LogP contribution in [0.15, 0.2) is 11.2 Å². The molecule has 1 atom stereocenters. The second-order valence-corrected chi connectivity index (χ2v) is 7.24. The van der Waals surface area contributed by atoms with Gasteiger partial charge in [0.15, 0.2) is 5.03 Å². The van der Waals surface area contributed by atoms with E-state index < -0.39 is 10.0 Å². The summed E-state index contributed by atoms with van der Waals surface area (Å²) in [7, 11) is 0.455. The normalized spacial score (nSPS) is 14.0. The average Bonchev–Trinajstić information content (AvgIpc) is 2.92. The Labute approximate surface area is 128 Å². The number of rotatable bonds is 9. The fourth-order valence-electron chi connectivity index (χ4n) is 2.54. The van der Waals surface area contributed by atoms with Gasteiger partial charge < -0.3 is 9.88 Å². The van der Waals surface area contributed by atoms with Gasteiger partial charge in [-0.15, -0.1) is 0 Å². The molecule has 122 valence electrons. The summed E-state index contributed by atoms with van der Waals surface area (Å²) in [6.45, 7) is 6.61. The molecule has 1 aromatic heterocycles. The first-order chi connectivity index (χ1) is 9.85. The van der Waals surface area contributed by atoms with Gasteiger partial charge in [-0.05, 0) is 20.0 Å². The molecule has 1 rings (SSSR count). The van der Waals surface area contributed by atoms with Crippen LogP contribution in [-0.4, -0.2) is 50.0 Å². The summed E-state index contributed by atoms with van der Waals surface area (Å²) in [5.74, 6) is 1.15. The fourth-order valence-corrected chi connectivity index (χ4v) is 3.53. The van der Waals surface area contributed by atoms with Crippen molar-refractivity contribution in [1.29, 1.82) is 0 Å². The second kappa shape index (κ2) is 7.91. The Hall–Kier alpha value is -0.920. The number of sulfonamides is 1. The van der Waals surface area contributed by atoms with Crippen molar-refractivity contribution in [2.75, 3.05) is 20.6 Å². The van der Waals surface area contributed by atoms with Crippen LogP contribution in [0.4, 0.5) is 0 Å². The smallest absolute Gasteiger partial charge is 0.257 e. The predicted molar refractivity (Wildman–Crippen MR) is 84.7 cm³/mol. The van der Waals surface area contributed by atoms with Crippen LogP contribution in [0, 0.1) is 5.92 Å². The lowest BCUT2D eigenvalue weighted by Gasteiger charge is -2.31. The van der Waals surface area contributed by atoms with Crippen molar-refractivity contribution in [3.8, 4) is 0 Å². The van der Waals surface area contributed by atoms with Crippen LogP contribution in [0.1, 0.15) is 39.4 Å². The number of hydrogen-bond donors (Lipinski definition) is 2. The first-order valence-electron chi connectivity index (χ1n) is 7.55. The van der Waals surface area contributed by atoms with Crippen LogP contribution >= 0.6 is 0 Å². The summed E-state index contributed by atoms with van der Waals surface area (Å²) in [6, 6.07) is 0.184. The van der Waals surface area contributed by atoms with Gasteiger partial charge in [-0.3, -0.25) is 0 Å². The van der Waals surface area contributed by atoms with Crippen LogP contribution in [0.25, 0.3) is 0 Å². The highest BCUT2D eigenvalue weighted by molar-refractivity contribution is 7.89. The molecule has 0 fully saturated rings. The van der Waals surface area contributed by atoms with Gasteiger partial charge in [0.05, 0.1) is 6.20 Å². The van der Waals surface area contributed by atoms with Crippen LogP contribution in [0.5, 0.6) is 0 Å². The Bertz CT molecular complexity index is 521. The Balaban J connectivity index is 2.78. The molecule has 0 spiro atoms. The molecule has 1 unspecified atom stereocenters. The molecule has 0 saturated carbocycles. The summed E-state index contributed by atoms with van der Waals surface area (Å²) >= 11 is 0. The van der Waals surface area contributed by atoms with E-state index in [0.29, 0.717) is 24.7 Å². The minimum Gasteiger partial charge on any atom is -0.332 e. The molecule has 0 radical (unpaired) electrons. The zero-order valence-corrected chi connectivity index (χ0v) is 14.5. The lowest BCUT2D eigenvalue weighted by Crippen LogP contribution is -2.44. The number of aromatic amines is 1. The van der Waals surface area contributed by atoms with Gasteiger partial charge in [-0.1, -0.05) is 33.6 Å². The summed E-state index contributed by atoms with van der Waals surface area (Å²) < 4.78 is 27.3. The van der Waals surface area contributed by atoms with Crippen LogP contribution < -0.4 is 4.72 Å². The number of hydrogen-bond acceptors (Lipinski definition) is 4. The summed E-state index contributed by atoms with van der Waals surface area (Å²) in [5.41, 5.74) is 0. The predicted octanol–water partition coefficient (Wildman–Crippen LogP) is 1.62. The van der Waals surface area contributed by atoms with E-state index in [1.165, 1.54) is 6.20 Å². The van der Waals surface area contributed by atoms with E-state index in [1.54, 1.807) is 0 Å². The van der Waals surface area contributed by atoms with E-state index in [9.17, 15) is 8.42 Å². The van der Waals surface area contributed by atoms with Crippen molar-refractivity contribution in [3.05, 3.63) is 12.0 Å². The molecule has 7 heteroatoms. The summed E-state index contributed by atoms with van der Waals surface area (Å²) in [5, 5.41) is 0.140. The lowest BCUT2D eigenvalue weighted by molar-refractivity contribution is 0.201. The van der Waals surface area contributed by atoms with Crippen molar-refractivity contribution in [2.24, 2.45) is 5.92 Å². The van der Waals surface area contributed by atoms with Crippen molar-refractivity contribution < 1.29 is 8.42 Å². The van der Waals surface area contributed by atoms with E-state index in [1.807, 2.05) is 21.0 Å². The largest absolute Gasteiger partial charge is 0.332 e. The third-order valence-corrected chi connectivity index (χ3v) is 5.30. The number of nitrogens with one attached hydrogen (secondary N) is 2. The van der Waals surface area contributed by atoms with Crippen molar-refractivity contribution in [2.45, 2.75) is 51.1 Å². The van der Waals surface area contributed by atoms with Crippen molar-refractivity contribution in [3.63, 3.8) is 0 Å². The second-order valence-electron chi connectivity index (χ2n) is 5.51. The summed E-state index contributed by atoms with van der Waals surface area (Å²) in [6.07, 6.45) is 4.13. The minimum absolute atomic E-state index is 0.140. The maximum Gasteiger partial charge on any atom is 0.257 e. The van der Waals surface area contributed by atoms with E-state index in [-0.39, 0.29) is 11.1 Å².